The molecule has 0 fully saturated rings. The molecule has 7 heteroatoms. The number of nitrogens with zero attached hydrogens (tertiary/aromatic N) is 3. The Morgan fingerprint density at radius 2 is 2.33 bits per heavy atom. The number of halogens is 1. The Labute approximate surface area is 108 Å². The number of benzene rings is 1. The Bertz CT molecular complexity index is 582. The first-order chi connectivity index (χ1) is 8.67. The topological polar surface area (TPSA) is 76.9 Å². The minimum atomic E-state index is -0.278. The fraction of sp³-hybridized carbons (Fsp3) is 0.0909. The second-order valence-electron chi connectivity index (χ2n) is 3.52. The van der Waals surface area contributed by atoms with Crippen molar-refractivity contribution in [2.24, 2.45) is 0 Å². The van der Waals surface area contributed by atoms with Gasteiger partial charge in [-0.3, -0.25) is 9.59 Å². The van der Waals surface area contributed by atoms with Gasteiger partial charge in [0.15, 0.2) is 6.29 Å². The normalized spacial score (nSPS) is 10.1. The van der Waals surface area contributed by atoms with Crippen molar-refractivity contribution >= 4 is 29.5 Å². The van der Waals surface area contributed by atoms with Crippen molar-refractivity contribution in [1.82, 2.24) is 15.0 Å². The third kappa shape index (κ3) is 3.14. The zero-order chi connectivity index (χ0) is 13.0. The minimum Gasteiger partial charge on any atom is -0.324 e. The van der Waals surface area contributed by atoms with Gasteiger partial charge in [0.1, 0.15) is 12.2 Å². The highest BCUT2D eigenvalue weighted by Gasteiger charge is 2.06. The Hall–Kier alpha value is -2.21. The number of carbonyl (C=O) groups is 2. The van der Waals surface area contributed by atoms with Crippen molar-refractivity contribution in [2.75, 3.05) is 5.32 Å². The monoisotopic (exact) mass is 264 g/mol. The van der Waals surface area contributed by atoms with Gasteiger partial charge in [-0.1, -0.05) is 22.9 Å². The zero-order valence-electron chi connectivity index (χ0n) is 9.21. The Morgan fingerprint density at radius 1 is 1.50 bits per heavy atom. The average Bonchev–Trinajstić information content (AvgIpc) is 2.76. The summed E-state index contributed by atoms with van der Waals surface area (Å²) in [5, 5.41) is 10.4. The van der Waals surface area contributed by atoms with Gasteiger partial charge in [-0.15, -0.1) is 5.10 Å². The molecule has 1 heterocycles. The van der Waals surface area contributed by atoms with E-state index in [1.807, 2.05) is 0 Å². The summed E-state index contributed by atoms with van der Waals surface area (Å²) in [4.78, 5) is 22.1. The molecular formula is C11H9ClN4O2. The van der Waals surface area contributed by atoms with Gasteiger partial charge in [0.25, 0.3) is 0 Å². The lowest BCUT2D eigenvalue weighted by molar-refractivity contribution is -0.116. The van der Waals surface area contributed by atoms with E-state index in [4.69, 9.17) is 11.6 Å². The van der Waals surface area contributed by atoms with Crippen molar-refractivity contribution in [3.05, 3.63) is 41.2 Å². The van der Waals surface area contributed by atoms with Crippen LogP contribution in [0.15, 0.2) is 30.5 Å². The van der Waals surface area contributed by atoms with Crippen LogP contribution in [-0.4, -0.2) is 27.2 Å². The van der Waals surface area contributed by atoms with Gasteiger partial charge in [-0.05, 0) is 18.2 Å². The SMILES string of the molecule is O=Cc1cn(CC(=O)Nc2cccc(Cl)c2)nn1. The highest BCUT2D eigenvalue weighted by molar-refractivity contribution is 6.30. The maximum atomic E-state index is 11.7. The van der Waals surface area contributed by atoms with Crippen LogP contribution in [0.25, 0.3) is 0 Å². The summed E-state index contributed by atoms with van der Waals surface area (Å²) in [6, 6.07) is 6.81. The van der Waals surface area contributed by atoms with Crippen LogP contribution in [0.1, 0.15) is 10.5 Å². The Morgan fingerprint density at radius 3 is 3.00 bits per heavy atom. The number of carbonyl (C=O) groups excluding carboxylic acids is 2. The third-order valence-corrected chi connectivity index (χ3v) is 2.33. The van der Waals surface area contributed by atoms with Crippen LogP contribution in [0.4, 0.5) is 5.69 Å². The van der Waals surface area contributed by atoms with Crippen molar-refractivity contribution in [1.29, 1.82) is 0 Å². The van der Waals surface area contributed by atoms with Gasteiger partial charge in [-0.2, -0.15) is 0 Å². The van der Waals surface area contributed by atoms with Crippen molar-refractivity contribution in [3.63, 3.8) is 0 Å². The standard InChI is InChI=1S/C11H9ClN4O2/c12-8-2-1-3-9(4-8)13-11(18)6-16-5-10(7-17)14-15-16/h1-5,7H,6H2,(H,13,18). The molecule has 0 saturated heterocycles. The summed E-state index contributed by atoms with van der Waals surface area (Å²) < 4.78 is 1.28. The average molecular weight is 265 g/mol. The maximum absolute atomic E-state index is 11.7. The summed E-state index contributed by atoms with van der Waals surface area (Å²) in [5.41, 5.74) is 0.786. The van der Waals surface area contributed by atoms with Gasteiger partial charge in [0.2, 0.25) is 5.91 Å². The van der Waals surface area contributed by atoms with Gasteiger partial charge in [0.05, 0.1) is 6.20 Å². The predicted molar refractivity (Wildman–Crippen MR) is 65.5 cm³/mol. The number of nitrogens with one attached hydrogen (secondary N) is 1. The molecule has 0 aliphatic heterocycles. The quantitative estimate of drug-likeness (QED) is 0.847. The van der Waals surface area contributed by atoms with Crippen molar-refractivity contribution < 1.29 is 9.59 Å². The fourth-order valence-corrected chi connectivity index (χ4v) is 1.55. The molecule has 18 heavy (non-hydrogen) atoms. The number of amides is 1. The van der Waals surface area contributed by atoms with Crippen LogP contribution < -0.4 is 5.32 Å². The molecule has 1 N–H and O–H groups in total. The van der Waals surface area contributed by atoms with E-state index in [0.29, 0.717) is 17.0 Å². The summed E-state index contributed by atoms with van der Waals surface area (Å²) in [5.74, 6) is -0.278. The maximum Gasteiger partial charge on any atom is 0.246 e. The van der Waals surface area contributed by atoms with E-state index in [1.54, 1.807) is 24.3 Å². The number of hydrogen-bond donors (Lipinski definition) is 1. The van der Waals surface area contributed by atoms with Crippen LogP contribution in [0, 0.1) is 0 Å². The lowest BCUT2D eigenvalue weighted by atomic mass is 10.3. The van der Waals surface area contributed by atoms with E-state index in [1.165, 1.54) is 10.9 Å². The summed E-state index contributed by atoms with van der Waals surface area (Å²) in [6.07, 6.45) is 1.96. The molecule has 0 bridgehead atoms. The highest BCUT2D eigenvalue weighted by Crippen LogP contribution is 2.14. The van der Waals surface area contributed by atoms with Gasteiger partial charge in [-0.25, -0.2) is 4.68 Å². The van der Waals surface area contributed by atoms with Crippen LogP contribution in [-0.2, 0) is 11.3 Å². The predicted octanol–water partition coefficient (Wildman–Crippen LogP) is 1.38. The molecule has 0 saturated carbocycles. The molecule has 1 aromatic carbocycles. The molecule has 0 atom stereocenters. The molecule has 2 aromatic rings. The van der Waals surface area contributed by atoms with E-state index in [2.05, 4.69) is 15.6 Å². The third-order valence-electron chi connectivity index (χ3n) is 2.09. The van der Waals surface area contributed by atoms with Crippen LogP contribution in [0.3, 0.4) is 0 Å². The summed E-state index contributed by atoms with van der Waals surface area (Å²) >= 11 is 5.79. The number of aromatic nitrogens is 3. The molecule has 6 nitrogen and oxygen atoms in total. The molecule has 0 aliphatic rings. The van der Waals surface area contributed by atoms with E-state index >= 15 is 0 Å². The van der Waals surface area contributed by atoms with Gasteiger partial charge >= 0.3 is 0 Å². The molecule has 1 amide bonds. The second-order valence-corrected chi connectivity index (χ2v) is 3.95. The molecule has 1 aromatic heterocycles. The zero-order valence-corrected chi connectivity index (χ0v) is 9.96. The van der Waals surface area contributed by atoms with Crippen LogP contribution in [0.5, 0.6) is 0 Å². The number of rotatable bonds is 4. The summed E-state index contributed by atoms with van der Waals surface area (Å²) in [7, 11) is 0. The van der Waals surface area contributed by atoms with E-state index in [-0.39, 0.29) is 18.1 Å². The fourth-order valence-electron chi connectivity index (χ4n) is 1.36. The van der Waals surface area contributed by atoms with E-state index in [0.717, 1.165) is 0 Å². The number of anilines is 1. The largest absolute Gasteiger partial charge is 0.324 e. The first-order valence-corrected chi connectivity index (χ1v) is 5.46. The van der Waals surface area contributed by atoms with E-state index in [9.17, 15) is 9.59 Å². The Kier molecular flexibility index (Phi) is 3.69. The van der Waals surface area contributed by atoms with Gasteiger partial charge < -0.3 is 5.32 Å². The summed E-state index contributed by atoms with van der Waals surface area (Å²) in [6.45, 7) is -0.0205. The minimum absolute atomic E-state index is 0.0205. The first kappa shape index (κ1) is 12.3. The molecule has 0 aliphatic carbocycles. The Balaban J connectivity index is 1.98. The van der Waals surface area contributed by atoms with Gasteiger partial charge in [0, 0.05) is 10.7 Å². The van der Waals surface area contributed by atoms with Crippen molar-refractivity contribution in [2.45, 2.75) is 6.54 Å². The molecule has 2 rings (SSSR count). The second kappa shape index (κ2) is 5.42. The number of hydrogen-bond acceptors (Lipinski definition) is 4. The lowest BCUT2D eigenvalue weighted by Gasteiger charge is -2.04. The molecule has 92 valence electrons. The highest BCUT2D eigenvalue weighted by atomic mass is 35.5. The smallest absolute Gasteiger partial charge is 0.246 e. The number of aldehydes is 1. The lowest BCUT2D eigenvalue weighted by Crippen LogP contribution is -2.19. The van der Waals surface area contributed by atoms with Crippen molar-refractivity contribution in [3.8, 4) is 0 Å². The molecule has 0 radical (unpaired) electrons. The molecule has 0 spiro atoms. The first-order valence-electron chi connectivity index (χ1n) is 5.08. The van der Waals surface area contributed by atoms with Crippen LogP contribution in [0.2, 0.25) is 5.02 Å². The van der Waals surface area contributed by atoms with Crippen LogP contribution >= 0.6 is 11.6 Å². The molecule has 0 unspecified atom stereocenters. The van der Waals surface area contributed by atoms with E-state index < -0.39 is 0 Å². The molecular weight excluding hydrogens is 256 g/mol.